The number of carbonyl (C=O) groups is 1. The summed E-state index contributed by atoms with van der Waals surface area (Å²) < 4.78 is 4.86. The highest BCUT2D eigenvalue weighted by molar-refractivity contribution is 5.94. The summed E-state index contributed by atoms with van der Waals surface area (Å²) >= 11 is 0. The molecule has 6 heteroatoms. The van der Waals surface area contributed by atoms with Crippen LogP contribution in [0.1, 0.15) is 15.9 Å². The Morgan fingerprint density at radius 3 is 2.67 bits per heavy atom. The molecule has 21 heavy (non-hydrogen) atoms. The number of hydrogen-bond donors (Lipinski definition) is 2. The van der Waals surface area contributed by atoms with Crippen LogP contribution < -0.4 is 10.6 Å². The van der Waals surface area contributed by atoms with Crippen molar-refractivity contribution in [1.82, 2.24) is 5.32 Å². The molecule has 0 bridgehead atoms. The first-order valence-electron chi connectivity index (χ1n) is 6.27. The number of nitriles is 2. The van der Waals surface area contributed by atoms with Gasteiger partial charge < -0.3 is 15.4 Å². The summed E-state index contributed by atoms with van der Waals surface area (Å²) in [6.45, 7) is 2.74. The maximum Gasteiger partial charge on any atom is 0.251 e. The van der Waals surface area contributed by atoms with Crippen LogP contribution in [0.5, 0.6) is 0 Å². The first kappa shape index (κ1) is 16.2. The average Bonchev–Trinajstić information content (AvgIpc) is 2.49. The van der Waals surface area contributed by atoms with Gasteiger partial charge in [0.2, 0.25) is 0 Å². The summed E-state index contributed by atoms with van der Waals surface area (Å²) in [4.78, 5) is 11.9. The van der Waals surface area contributed by atoms with E-state index in [0.717, 1.165) is 11.3 Å². The molecule has 0 atom stereocenters. The summed E-state index contributed by atoms with van der Waals surface area (Å²) in [7, 11) is 1.57. The third-order valence-electron chi connectivity index (χ3n) is 2.69. The lowest BCUT2D eigenvalue weighted by molar-refractivity contribution is 0.0937. The van der Waals surface area contributed by atoms with Crippen molar-refractivity contribution in [2.45, 2.75) is 6.92 Å². The molecule has 0 aliphatic carbocycles. The van der Waals surface area contributed by atoms with Gasteiger partial charge in [-0.15, -0.1) is 0 Å². The molecule has 0 fully saturated rings. The predicted octanol–water partition coefficient (Wildman–Crippen LogP) is 1.71. The minimum absolute atomic E-state index is 0.0178. The second kappa shape index (κ2) is 8.36. The van der Waals surface area contributed by atoms with Crippen molar-refractivity contribution < 1.29 is 9.53 Å². The summed E-state index contributed by atoms with van der Waals surface area (Å²) in [6.07, 6.45) is 1.33. The molecule has 1 aromatic carbocycles. The molecule has 108 valence electrons. The first-order chi connectivity index (χ1) is 10.1. The molecule has 0 spiro atoms. The van der Waals surface area contributed by atoms with Crippen molar-refractivity contribution in [2.75, 3.05) is 25.6 Å². The Labute approximate surface area is 123 Å². The van der Waals surface area contributed by atoms with Crippen LogP contribution in [0.2, 0.25) is 0 Å². The monoisotopic (exact) mass is 284 g/mol. The predicted molar refractivity (Wildman–Crippen MR) is 78.3 cm³/mol. The van der Waals surface area contributed by atoms with E-state index in [1.165, 1.54) is 6.20 Å². The third-order valence-corrected chi connectivity index (χ3v) is 2.69. The first-order valence-corrected chi connectivity index (χ1v) is 6.27. The minimum atomic E-state index is -0.174. The fraction of sp³-hybridized carbons (Fsp3) is 0.267. The van der Waals surface area contributed by atoms with Gasteiger partial charge in [-0.3, -0.25) is 4.79 Å². The highest BCUT2D eigenvalue weighted by atomic mass is 16.5. The lowest BCUT2D eigenvalue weighted by Crippen LogP contribution is -2.26. The second-order valence-electron chi connectivity index (χ2n) is 4.20. The smallest absolute Gasteiger partial charge is 0.251 e. The van der Waals surface area contributed by atoms with E-state index in [2.05, 4.69) is 10.6 Å². The molecule has 0 aliphatic rings. The van der Waals surface area contributed by atoms with Gasteiger partial charge in [-0.2, -0.15) is 10.5 Å². The number of amides is 1. The molecule has 0 aliphatic heterocycles. The number of anilines is 1. The molecule has 0 aromatic heterocycles. The lowest BCUT2D eigenvalue weighted by atomic mass is 10.1. The standard InChI is InChI=1S/C15H16N4O2/c1-11-7-13(15(20)18-5-6-21-2)3-4-14(11)19-10-12(8-16)9-17/h3-4,7,10,19H,5-6H2,1-2H3,(H,18,20). The molecule has 1 rings (SSSR count). The zero-order valence-electron chi connectivity index (χ0n) is 11.9. The van der Waals surface area contributed by atoms with Gasteiger partial charge in [0.25, 0.3) is 5.91 Å². The number of nitrogens with zero attached hydrogens (tertiary/aromatic N) is 2. The Morgan fingerprint density at radius 1 is 1.38 bits per heavy atom. The Hall–Kier alpha value is -2.83. The van der Waals surface area contributed by atoms with Gasteiger partial charge >= 0.3 is 0 Å². The SMILES string of the molecule is COCCNC(=O)c1ccc(NC=C(C#N)C#N)c(C)c1. The Kier molecular flexibility index (Phi) is 6.46. The highest BCUT2D eigenvalue weighted by Gasteiger charge is 2.07. The van der Waals surface area contributed by atoms with Crippen LogP contribution in [-0.2, 0) is 4.74 Å². The fourth-order valence-electron chi connectivity index (χ4n) is 1.58. The zero-order chi connectivity index (χ0) is 15.7. The number of methoxy groups -OCH3 is 1. The molecular formula is C15H16N4O2. The number of benzene rings is 1. The van der Waals surface area contributed by atoms with Crippen LogP contribution in [0, 0.1) is 29.6 Å². The number of allylic oxidation sites excluding steroid dienone is 1. The summed E-state index contributed by atoms with van der Waals surface area (Å²) in [6, 6.07) is 8.65. The van der Waals surface area contributed by atoms with Gasteiger partial charge in [0.15, 0.2) is 0 Å². The van der Waals surface area contributed by atoms with Crippen molar-refractivity contribution in [3.8, 4) is 12.1 Å². The van der Waals surface area contributed by atoms with E-state index in [1.54, 1.807) is 37.4 Å². The molecule has 6 nitrogen and oxygen atoms in total. The van der Waals surface area contributed by atoms with Crippen molar-refractivity contribution >= 4 is 11.6 Å². The van der Waals surface area contributed by atoms with Crippen LogP contribution in [0.15, 0.2) is 30.0 Å². The number of aryl methyl sites for hydroxylation is 1. The summed E-state index contributed by atoms with van der Waals surface area (Å²) in [5.41, 5.74) is 2.09. The van der Waals surface area contributed by atoms with Crippen LogP contribution >= 0.6 is 0 Å². The number of rotatable bonds is 6. The average molecular weight is 284 g/mol. The van der Waals surface area contributed by atoms with E-state index >= 15 is 0 Å². The maximum absolute atomic E-state index is 11.9. The van der Waals surface area contributed by atoms with Gasteiger partial charge in [-0.1, -0.05) is 0 Å². The van der Waals surface area contributed by atoms with Crippen molar-refractivity contribution in [2.24, 2.45) is 0 Å². The zero-order valence-corrected chi connectivity index (χ0v) is 11.9. The largest absolute Gasteiger partial charge is 0.383 e. The van der Waals surface area contributed by atoms with Crippen LogP contribution in [0.25, 0.3) is 0 Å². The highest BCUT2D eigenvalue weighted by Crippen LogP contribution is 2.17. The van der Waals surface area contributed by atoms with Gasteiger partial charge in [0.1, 0.15) is 17.7 Å². The molecule has 1 aromatic rings. The van der Waals surface area contributed by atoms with Crippen LogP contribution in [-0.4, -0.2) is 26.2 Å². The molecule has 1 amide bonds. The summed E-state index contributed by atoms with van der Waals surface area (Å²) in [5, 5.41) is 22.9. The van der Waals surface area contributed by atoms with E-state index < -0.39 is 0 Å². The van der Waals surface area contributed by atoms with E-state index in [-0.39, 0.29) is 11.5 Å². The van der Waals surface area contributed by atoms with E-state index in [0.29, 0.717) is 18.7 Å². The topological polar surface area (TPSA) is 97.9 Å². The number of hydrogen-bond acceptors (Lipinski definition) is 5. The molecule has 2 N–H and O–H groups in total. The van der Waals surface area contributed by atoms with E-state index in [4.69, 9.17) is 15.3 Å². The molecule has 0 saturated carbocycles. The Bertz CT molecular complexity index is 608. The van der Waals surface area contributed by atoms with Crippen molar-refractivity contribution in [3.05, 3.63) is 41.1 Å². The van der Waals surface area contributed by atoms with Crippen LogP contribution in [0.4, 0.5) is 5.69 Å². The quantitative estimate of drug-likeness (QED) is 0.612. The fourth-order valence-corrected chi connectivity index (χ4v) is 1.58. The minimum Gasteiger partial charge on any atom is -0.383 e. The molecule has 0 heterocycles. The van der Waals surface area contributed by atoms with Crippen molar-refractivity contribution in [3.63, 3.8) is 0 Å². The van der Waals surface area contributed by atoms with Crippen LogP contribution in [0.3, 0.4) is 0 Å². The van der Waals surface area contributed by atoms with Gasteiger partial charge in [0, 0.05) is 31.1 Å². The maximum atomic E-state index is 11.9. The van der Waals surface area contributed by atoms with Gasteiger partial charge in [0.05, 0.1) is 6.61 Å². The molecule has 0 radical (unpaired) electrons. The van der Waals surface area contributed by atoms with Gasteiger partial charge in [-0.25, -0.2) is 0 Å². The van der Waals surface area contributed by atoms with E-state index in [9.17, 15) is 4.79 Å². The summed E-state index contributed by atoms with van der Waals surface area (Å²) in [5.74, 6) is -0.174. The molecule has 0 saturated heterocycles. The number of nitrogens with one attached hydrogen (secondary N) is 2. The second-order valence-corrected chi connectivity index (χ2v) is 4.20. The van der Waals surface area contributed by atoms with Crippen molar-refractivity contribution in [1.29, 1.82) is 10.5 Å². The van der Waals surface area contributed by atoms with Gasteiger partial charge in [-0.05, 0) is 30.7 Å². The third kappa shape index (κ3) is 4.98. The van der Waals surface area contributed by atoms with E-state index in [1.807, 2.05) is 6.92 Å². The Morgan fingerprint density at radius 2 is 2.10 bits per heavy atom. The lowest BCUT2D eigenvalue weighted by Gasteiger charge is -2.09. The molecule has 0 unspecified atom stereocenters. The molecular weight excluding hydrogens is 268 g/mol. The number of carbonyl (C=O) groups excluding carboxylic acids is 1. The normalized spacial score (nSPS) is 9.14. The number of ether oxygens (including phenoxy) is 1. The Balaban J connectivity index is 2.77.